The zero-order valence-electron chi connectivity index (χ0n) is 11.7. The van der Waals surface area contributed by atoms with Crippen molar-refractivity contribution in [3.05, 3.63) is 0 Å². The number of hydrogen-bond acceptors (Lipinski definition) is 3. The van der Waals surface area contributed by atoms with Crippen molar-refractivity contribution in [2.75, 3.05) is 19.7 Å². The minimum atomic E-state index is -0.00328. The van der Waals surface area contributed by atoms with Gasteiger partial charge in [-0.25, -0.2) is 0 Å². The highest BCUT2D eigenvalue weighted by Gasteiger charge is 2.35. The predicted octanol–water partition coefficient (Wildman–Crippen LogP) is 2.33. The number of hydrogen-bond donors (Lipinski definition) is 1. The Morgan fingerprint density at radius 3 is 2.94 bits per heavy atom. The lowest BCUT2D eigenvalue weighted by atomic mass is 9.87. The SMILES string of the molecule is CC(C)(CCCN1CCOC2CCCC21)C(N)=S. The molecule has 1 saturated carbocycles. The average molecular weight is 270 g/mol. The second kappa shape index (κ2) is 5.85. The van der Waals surface area contributed by atoms with Crippen LogP contribution in [0.2, 0.25) is 0 Å². The standard InChI is InChI=1S/C14H26N2OS/c1-14(2,13(15)18)7-4-8-16-9-10-17-12-6-3-5-11(12)16/h11-12H,3-10H2,1-2H3,(H2,15,18). The van der Waals surface area contributed by atoms with Gasteiger partial charge in [0.05, 0.1) is 17.7 Å². The van der Waals surface area contributed by atoms with Crippen molar-refractivity contribution in [1.82, 2.24) is 4.90 Å². The molecule has 104 valence electrons. The van der Waals surface area contributed by atoms with Crippen LogP contribution in [0.1, 0.15) is 46.0 Å². The van der Waals surface area contributed by atoms with E-state index in [4.69, 9.17) is 22.7 Å². The molecule has 1 saturated heterocycles. The first-order chi connectivity index (χ1) is 8.50. The lowest BCUT2D eigenvalue weighted by Gasteiger charge is -2.38. The second-order valence-electron chi connectivity index (χ2n) is 6.30. The summed E-state index contributed by atoms with van der Waals surface area (Å²) < 4.78 is 5.84. The molecule has 1 heterocycles. The Hall–Kier alpha value is -0.190. The van der Waals surface area contributed by atoms with Gasteiger partial charge in [-0.15, -0.1) is 0 Å². The van der Waals surface area contributed by atoms with E-state index in [1.807, 2.05) is 0 Å². The van der Waals surface area contributed by atoms with Gasteiger partial charge < -0.3 is 10.5 Å². The predicted molar refractivity (Wildman–Crippen MR) is 78.8 cm³/mol. The van der Waals surface area contributed by atoms with Gasteiger partial charge >= 0.3 is 0 Å². The van der Waals surface area contributed by atoms with Crippen molar-refractivity contribution >= 4 is 17.2 Å². The molecule has 1 aliphatic carbocycles. The zero-order chi connectivity index (χ0) is 13.2. The number of morpholine rings is 1. The monoisotopic (exact) mass is 270 g/mol. The fourth-order valence-corrected chi connectivity index (χ4v) is 3.23. The highest BCUT2D eigenvalue weighted by atomic mass is 32.1. The molecular formula is C14H26N2OS. The van der Waals surface area contributed by atoms with Gasteiger partial charge in [0, 0.05) is 18.0 Å². The Balaban J connectivity index is 1.78. The molecule has 0 aromatic rings. The summed E-state index contributed by atoms with van der Waals surface area (Å²) in [5, 5.41) is 0. The molecule has 2 atom stereocenters. The molecular weight excluding hydrogens is 244 g/mol. The number of nitrogens with two attached hydrogens (primary N) is 1. The van der Waals surface area contributed by atoms with Crippen molar-refractivity contribution in [1.29, 1.82) is 0 Å². The van der Waals surface area contributed by atoms with Gasteiger partial charge in [0.15, 0.2) is 0 Å². The first-order valence-electron chi connectivity index (χ1n) is 7.16. The Kier molecular flexibility index (Phi) is 4.62. The van der Waals surface area contributed by atoms with Gasteiger partial charge in [0.2, 0.25) is 0 Å². The maximum Gasteiger partial charge on any atom is 0.0784 e. The minimum absolute atomic E-state index is 0.00328. The number of thiocarbonyl (C=S) groups is 1. The minimum Gasteiger partial charge on any atom is -0.393 e. The molecule has 2 rings (SSSR count). The van der Waals surface area contributed by atoms with E-state index in [9.17, 15) is 0 Å². The number of rotatable bonds is 5. The third-order valence-corrected chi connectivity index (χ3v) is 5.06. The Morgan fingerprint density at radius 2 is 2.22 bits per heavy atom. The second-order valence-corrected chi connectivity index (χ2v) is 6.73. The smallest absolute Gasteiger partial charge is 0.0784 e. The molecule has 1 aliphatic heterocycles. The van der Waals surface area contributed by atoms with Gasteiger partial charge in [0.25, 0.3) is 0 Å². The van der Waals surface area contributed by atoms with Crippen LogP contribution in [0, 0.1) is 5.41 Å². The van der Waals surface area contributed by atoms with Crippen LogP contribution < -0.4 is 5.73 Å². The van der Waals surface area contributed by atoms with Crippen molar-refractivity contribution < 1.29 is 4.74 Å². The summed E-state index contributed by atoms with van der Waals surface area (Å²) >= 11 is 5.12. The highest BCUT2D eigenvalue weighted by molar-refractivity contribution is 7.80. The van der Waals surface area contributed by atoms with E-state index >= 15 is 0 Å². The molecule has 2 N–H and O–H groups in total. The van der Waals surface area contributed by atoms with Crippen molar-refractivity contribution in [3.63, 3.8) is 0 Å². The molecule has 0 aromatic heterocycles. The molecule has 2 unspecified atom stereocenters. The fourth-order valence-electron chi connectivity index (χ4n) is 3.13. The Labute approximate surface area is 116 Å². The van der Waals surface area contributed by atoms with Gasteiger partial charge in [0.1, 0.15) is 0 Å². The van der Waals surface area contributed by atoms with Crippen LogP contribution >= 0.6 is 12.2 Å². The number of ether oxygens (including phenoxy) is 1. The first kappa shape index (κ1) is 14.2. The van der Waals surface area contributed by atoms with E-state index < -0.39 is 0 Å². The van der Waals surface area contributed by atoms with E-state index in [0.717, 1.165) is 26.1 Å². The van der Waals surface area contributed by atoms with Crippen LogP contribution in [0.5, 0.6) is 0 Å². The summed E-state index contributed by atoms with van der Waals surface area (Å²) in [6, 6.07) is 0.673. The quantitative estimate of drug-likeness (QED) is 0.778. The summed E-state index contributed by atoms with van der Waals surface area (Å²) in [6.45, 7) is 7.45. The Bertz CT molecular complexity index is 306. The molecule has 3 nitrogen and oxygen atoms in total. The van der Waals surface area contributed by atoms with Crippen LogP contribution in [0.4, 0.5) is 0 Å². The lowest BCUT2D eigenvalue weighted by molar-refractivity contribution is -0.0561. The van der Waals surface area contributed by atoms with Gasteiger partial charge in [-0.2, -0.15) is 0 Å². The largest absolute Gasteiger partial charge is 0.393 e. The maximum atomic E-state index is 5.84. The van der Waals surface area contributed by atoms with E-state index in [0.29, 0.717) is 17.1 Å². The van der Waals surface area contributed by atoms with Gasteiger partial charge in [-0.05, 0) is 38.6 Å². The molecule has 0 amide bonds. The van der Waals surface area contributed by atoms with Crippen molar-refractivity contribution in [2.45, 2.75) is 58.1 Å². The van der Waals surface area contributed by atoms with Gasteiger partial charge in [-0.1, -0.05) is 26.1 Å². The molecule has 0 bridgehead atoms. The molecule has 0 spiro atoms. The van der Waals surface area contributed by atoms with Crippen molar-refractivity contribution in [2.24, 2.45) is 11.1 Å². The van der Waals surface area contributed by atoms with Gasteiger partial charge in [-0.3, -0.25) is 4.90 Å². The third kappa shape index (κ3) is 3.22. The van der Waals surface area contributed by atoms with E-state index in [2.05, 4.69) is 18.7 Å². The molecule has 18 heavy (non-hydrogen) atoms. The van der Waals surface area contributed by atoms with E-state index in [1.54, 1.807) is 0 Å². The fraction of sp³-hybridized carbons (Fsp3) is 0.929. The summed E-state index contributed by atoms with van der Waals surface area (Å²) in [7, 11) is 0. The topological polar surface area (TPSA) is 38.5 Å². The highest BCUT2D eigenvalue weighted by Crippen LogP contribution is 2.30. The van der Waals surface area contributed by atoms with Crippen LogP contribution in [0.25, 0.3) is 0 Å². The number of fused-ring (bicyclic) bond motifs is 1. The first-order valence-corrected chi connectivity index (χ1v) is 7.57. The van der Waals surface area contributed by atoms with E-state index in [-0.39, 0.29) is 5.41 Å². The molecule has 4 heteroatoms. The maximum absolute atomic E-state index is 5.84. The van der Waals surface area contributed by atoms with Crippen LogP contribution in [-0.2, 0) is 4.74 Å². The molecule has 2 fully saturated rings. The van der Waals surface area contributed by atoms with Crippen LogP contribution in [-0.4, -0.2) is 41.7 Å². The average Bonchev–Trinajstić information content (AvgIpc) is 2.77. The summed E-state index contributed by atoms with van der Waals surface area (Å²) in [4.78, 5) is 3.26. The zero-order valence-corrected chi connectivity index (χ0v) is 12.5. The molecule has 0 radical (unpaired) electrons. The summed E-state index contributed by atoms with van der Waals surface area (Å²) in [5.74, 6) is 0. The lowest BCUT2D eigenvalue weighted by Crippen LogP contribution is -2.48. The summed E-state index contributed by atoms with van der Waals surface area (Å²) in [5.41, 5.74) is 5.77. The van der Waals surface area contributed by atoms with Crippen LogP contribution in [0.15, 0.2) is 0 Å². The van der Waals surface area contributed by atoms with Crippen molar-refractivity contribution in [3.8, 4) is 0 Å². The molecule has 2 aliphatic rings. The third-order valence-electron chi connectivity index (χ3n) is 4.51. The van der Waals surface area contributed by atoms with E-state index in [1.165, 1.54) is 25.7 Å². The molecule has 0 aromatic carbocycles. The summed E-state index contributed by atoms with van der Waals surface area (Å²) in [6.07, 6.45) is 6.64. The van der Waals surface area contributed by atoms with Crippen LogP contribution in [0.3, 0.4) is 0 Å². The normalized spacial score (nSPS) is 29.2. The number of nitrogens with zero attached hydrogens (tertiary/aromatic N) is 1. The Morgan fingerprint density at radius 1 is 1.44 bits per heavy atom.